The average Bonchev–Trinajstić information content (AvgIpc) is 2.93. The fourth-order valence-corrected chi connectivity index (χ4v) is 2.95. The Morgan fingerprint density at radius 3 is 2.90 bits per heavy atom. The summed E-state index contributed by atoms with van der Waals surface area (Å²) in [6, 6.07) is 9.04. The predicted molar refractivity (Wildman–Crippen MR) is 78.1 cm³/mol. The molecule has 1 saturated heterocycles. The Bertz CT molecular complexity index is 693. The zero-order chi connectivity index (χ0) is 14.8. The van der Waals surface area contributed by atoms with Crippen LogP contribution in [-0.4, -0.2) is 39.5 Å². The molecule has 1 fully saturated rings. The van der Waals surface area contributed by atoms with Gasteiger partial charge in [0.1, 0.15) is 0 Å². The van der Waals surface area contributed by atoms with Gasteiger partial charge in [0.2, 0.25) is 0 Å². The van der Waals surface area contributed by atoms with Gasteiger partial charge in [-0.1, -0.05) is 18.2 Å². The van der Waals surface area contributed by atoms with E-state index in [1.807, 2.05) is 24.3 Å². The molecule has 1 aliphatic rings. The van der Waals surface area contributed by atoms with E-state index in [9.17, 15) is 9.59 Å². The maximum atomic E-state index is 12.7. The van der Waals surface area contributed by atoms with Crippen molar-refractivity contribution in [2.45, 2.75) is 25.3 Å². The van der Waals surface area contributed by atoms with E-state index in [0.717, 1.165) is 18.2 Å². The van der Waals surface area contributed by atoms with Crippen LogP contribution in [0.1, 0.15) is 29.6 Å². The highest BCUT2D eigenvalue weighted by Crippen LogP contribution is 2.25. The van der Waals surface area contributed by atoms with E-state index < -0.39 is 5.97 Å². The summed E-state index contributed by atoms with van der Waals surface area (Å²) in [5, 5.41) is 9.88. The Balaban J connectivity index is 1.95. The van der Waals surface area contributed by atoms with Crippen molar-refractivity contribution < 1.29 is 14.7 Å². The zero-order valence-corrected chi connectivity index (χ0v) is 11.5. The minimum Gasteiger partial charge on any atom is -0.481 e. The number of fused-ring (bicyclic) bond motifs is 1. The lowest BCUT2D eigenvalue weighted by Gasteiger charge is -2.23. The van der Waals surface area contributed by atoms with Crippen molar-refractivity contribution in [2.24, 2.45) is 0 Å². The highest BCUT2D eigenvalue weighted by Gasteiger charge is 2.31. The summed E-state index contributed by atoms with van der Waals surface area (Å²) in [6.07, 6.45) is 3.26. The molecule has 108 valence electrons. The molecule has 1 aromatic carbocycles. The number of amides is 1. The van der Waals surface area contributed by atoms with Crippen molar-refractivity contribution in [3.63, 3.8) is 0 Å². The maximum absolute atomic E-state index is 12.7. The molecular weight excluding hydrogens is 268 g/mol. The Morgan fingerprint density at radius 1 is 1.29 bits per heavy atom. The van der Waals surface area contributed by atoms with Crippen LogP contribution in [0.15, 0.2) is 36.5 Å². The third kappa shape index (κ3) is 2.59. The van der Waals surface area contributed by atoms with Gasteiger partial charge in [0, 0.05) is 24.2 Å². The minimum absolute atomic E-state index is 0.00390. The van der Waals surface area contributed by atoms with E-state index in [-0.39, 0.29) is 18.4 Å². The lowest BCUT2D eigenvalue weighted by atomic mass is 10.1. The normalized spacial score (nSPS) is 18.1. The van der Waals surface area contributed by atoms with Crippen molar-refractivity contribution in [2.75, 3.05) is 6.54 Å². The van der Waals surface area contributed by atoms with Crippen LogP contribution in [0.5, 0.6) is 0 Å². The SMILES string of the molecule is O=C(O)CC1CCCN1C(=O)c1cccc2cccnc12. The number of carbonyl (C=O) groups excluding carboxylic acids is 1. The third-order valence-electron chi connectivity index (χ3n) is 3.91. The summed E-state index contributed by atoms with van der Waals surface area (Å²) < 4.78 is 0. The summed E-state index contributed by atoms with van der Waals surface area (Å²) in [4.78, 5) is 29.6. The van der Waals surface area contributed by atoms with Crippen molar-refractivity contribution in [3.05, 3.63) is 42.1 Å². The van der Waals surface area contributed by atoms with Gasteiger partial charge in [0.05, 0.1) is 17.5 Å². The number of carboxylic acids is 1. The van der Waals surface area contributed by atoms with Gasteiger partial charge in [0.15, 0.2) is 0 Å². The van der Waals surface area contributed by atoms with Crippen molar-refractivity contribution >= 4 is 22.8 Å². The van der Waals surface area contributed by atoms with Crippen molar-refractivity contribution in [1.82, 2.24) is 9.88 Å². The molecular formula is C16H16N2O3. The number of aliphatic carboxylic acids is 1. The Morgan fingerprint density at radius 2 is 2.10 bits per heavy atom. The second kappa shape index (κ2) is 5.52. The molecule has 2 aromatic rings. The fourth-order valence-electron chi connectivity index (χ4n) is 2.95. The van der Waals surface area contributed by atoms with Crippen LogP contribution in [0, 0.1) is 0 Å². The van der Waals surface area contributed by atoms with E-state index in [0.29, 0.717) is 17.6 Å². The molecule has 1 N–H and O–H groups in total. The molecule has 1 aromatic heterocycles. The predicted octanol–water partition coefficient (Wildman–Crippen LogP) is 2.31. The van der Waals surface area contributed by atoms with Gasteiger partial charge in [-0.15, -0.1) is 0 Å². The van der Waals surface area contributed by atoms with Crippen LogP contribution in [0.4, 0.5) is 0 Å². The van der Waals surface area contributed by atoms with Crippen LogP contribution in [0.25, 0.3) is 10.9 Å². The maximum Gasteiger partial charge on any atom is 0.305 e. The molecule has 5 heteroatoms. The number of benzene rings is 1. The van der Waals surface area contributed by atoms with Gasteiger partial charge < -0.3 is 10.0 Å². The Hall–Kier alpha value is -2.43. The quantitative estimate of drug-likeness (QED) is 0.939. The molecule has 0 bridgehead atoms. The van der Waals surface area contributed by atoms with E-state index in [4.69, 9.17) is 5.11 Å². The van der Waals surface area contributed by atoms with Gasteiger partial charge in [-0.25, -0.2) is 0 Å². The largest absolute Gasteiger partial charge is 0.481 e. The number of para-hydroxylation sites is 1. The molecule has 1 amide bonds. The molecule has 0 radical (unpaired) electrons. The van der Waals surface area contributed by atoms with Gasteiger partial charge in [0.25, 0.3) is 5.91 Å². The highest BCUT2D eigenvalue weighted by atomic mass is 16.4. The number of hydrogen-bond acceptors (Lipinski definition) is 3. The molecule has 1 atom stereocenters. The number of likely N-dealkylation sites (tertiary alicyclic amines) is 1. The zero-order valence-electron chi connectivity index (χ0n) is 11.5. The molecule has 3 rings (SSSR count). The van der Waals surface area contributed by atoms with E-state index >= 15 is 0 Å². The first kappa shape index (κ1) is 13.5. The molecule has 0 saturated carbocycles. The minimum atomic E-state index is -0.865. The monoisotopic (exact) mass is 284 g/mol. The van der Waals surface area contributed by atoms with Crippen LogP contribution in [0.2, 0.25) is 0 Å². The Labute approximate surface area is 122 Å². The first-order valence-electron chi connectivity index (χ1n) is 7.03. The van der Waals surface area contributed by atoms with Gasteiger partial charge in [-0.2, -0.15) is 0 Å². The summed E-state index contributed by atoms with van der Waals surface area (Å²) in [5.41, 5.74) is 1.22. The van der Waals surface area contributed by atoms with Crippen LogP contribution < -0.4 is 0 Å². The lowest BCUT2D eigenvalue weighted by Crippen LogP contribution is -2.37. The molecule has 21 heavy (non-hydrogen) atoms. The highest BCUT2D eigenvalue weighted by molar-refractivity contribution is 6.05. The number of rotatable bonds is 3. The topological polar surface area (TPSA) is 70.5 Å². The molecule has 0 spiro atoms. The van der Waals surface area contributed by atoms with Gasteiger partial charge >= 0.3 is 5.97 Å². The van der Waals surface area contributed by atoms with Crippen molar-refractivity contribution in [3.8, 4) is 0 Å². The Kier molecular flexibility index (Phi) is 3.56. The number of aromatic nitrogens is 1. The number of hydrogen-bond donors (Lipinski definition) is 1. The molecule has 5 nitrogen and oxygen atoms in total. The number of carbonyl (C=O) groups is 2. The van der Waals surface area contributed by atoms with E-state index in [1.54, 1.807) is 17.2 Å². The number of carboxylic acid groups (broad SMARTS) is 1. The van der Waals surface area contributed by atoms with E-state index in [1.165, 1.54) is 0 Å². The fraction of sp³-hybridized carbons (Fsp3) is 0.312. The van der Waals surface area contributed by atoms with Crippen LogP contribution in [-0.2, 0) is 4.79 Å². The first-order chi connectivity index (χ1) is 10.2. The lowest BCUT2D eigenvalue weighted by molar-refractivity contribution is -0.137. The molecule has 1 unspecified atom stereocenters. The molecule has 1 aliphatic heterocycles. The van der Waals surface area contributed by atoms with Crippen LogP contribution >= 0.6 is 0 Å². The first-order valence-corrected chi connectivity index (χ1v) is 7.03. The summed E-state index contributed by atoms with van der Waals surface area (Å²) in [6.45, 7) is 0.611. The van der Waals surface area contributed by atoms with E-state index in [2.05, 4.69) is 4.98 Å². The van der Waals surface area contributed by atoms with Gasteiger partial charge in [-0.05, 0) is 25.0 Å². The van der Waals surface area contributed by atoms with Gasteiger partial charge in [-0.3, -0.25) is 14.6 Å². The summed E-state index contributed by atoms with van der Waals surface area (Å²) in [5.74, 6) is -0.987. The molecule has 2 heterocycles. The standard InChI is InChI=1S/C16H16N2O3/c19-14(20)10-12-6-3-9-18(12)16(21)13-7-1-4-11-5-2-8-17-15(11)13/h1-2,4-5,7-8,12H,3,6,9-10H2,(H,19,20). The number of pyridine rings is 1. The summed E-state index contributed by atoms with van der Waals surface area (Å²) in [7, 11) is 0. The van der Waals surface area contributed by atoms with Crippen molar-refractivity contribution in [1.29, 1.82) is 0 Å². The molecule has 0 aliphatic carbocycles. The van der Waals surface area contributed by atoms with Crippen LogP contribution in [0.3, 0.4) is 0 Å². The second-order valence-corrected chi connectivity index (χ2v) is 5.27. The third-order valence-corrected chi connectivity index (χ3v) is 3.91. The second-order valence-electron chi connectivity index (χ2n) is 5.27. The number of nitrogens with zero attached hydrogens (tertiary/aromatic N) is 2. The summed E-state index contributed by atoms with van der Waals surface area (Å²) >= 11 is 0. The smallest absolute Gasteiger partial charge is 0.305 e. The average molecular weight is 284 g/mol.